The normalized spacial score (nSPS) is 26.3. The minimum absolute atomic E-state index is 0.712. The number of rotatable bonds is 6. The van der Waals surface area contributed by atoms with Crippen molar-refractivity contribution in [2.45, 2.75) is 103 Å². The summed E-state index contributed by atoms with van der Waals surface area (Å²) in [7, 11) is 0. The Bertz CT molecular complexity index is 226. The van der Waals surface area contributed by atoms with Crippen LogP contribution in [-0.4, -0.2) is 36.6 Å². The van der Waals surface area contributed by atoms with Gasteiger partial charge in [0.2, 0.25) is 0 Å². The molecule has 0 bridgehead atoms. The molecule has 2 heteroatoms. The molecule has 2 nitrogen and oxygen atoms in total. The Labute approximate surface area is 134 Å². The van der Waals surface area contributed by atoms with Gasteiger partial charge in [-0.25, -0.2) is 0 Å². The second kappa shape index (κ2) is 12.5. The number of hydrogen-bond acceptors (Lipinski definition) is 2. The standard InChI is InChI=1S/C19H40N2/c1-4-17-20-18-15-13-11-9-7-8-10-12-14-16-19(18)21(5-2)6-3/h18-20H,4-17H2,1-3H3. The Morgan fingerprint density at radius 2 is 1.29 bits per heavy atom. The van der Waals surface area contributed by atoms with E-state index in [1.165, 1.54) is 90.3 Å². The Morgan fingerprint density at radius 1 is 0.762 bits per heavy atom. The molecule has 0 aromatic heterocycles. The van der Waals surface area contributed by atoms with Crippen LogP contribution in [0.5, 0.6) is 0 Å². The molecule has 126 valence electrons. The predicted octanol–water partition coefficient (Wildman–Crippen LogP) is 4.98. The van der Waals surface area contributed by atoms with Crippen molar-refractivity contribution in [3.8, 4) is 0 Å². The third kappa shape index (κ3) is 7.65. The van der Waals surface area contributed by atoms with Gasteiger partial charge in [0.05, 0.1) is 0 Å². The summed E-state index contributed by atoms with van der Waals surface area (Å²) >= 11 is 0. The molecule has 2 atom stereocenters. The van der Waals surface area contributed by atoms with Gasteiger partial charge in [0, 0.05) is 12.1 Å². The Hall–Kier alpha value is -0.0800. The fourth-order valence-corrected chi connectivity index (χ4v) is 3.87. The Balaban J connectivity index is 2.67. The largest absolute Gasteiger partial charge is 0.312 e. The van der Waals surface area contributed by atoms with Crippen molar-refractivity contribution >= 4 is 0 Å². The average Bonchev–Trinajstić information content (AvgIpc) is 2.49. The van der Waals surface area contributed by atoms with Gasteiger partial charge >= 0.3 is 0 Å². The van der Waals surface area contributed by atoms with Crippen LogP contribution < -0.4 is 5.32 Å². The van der Waals surface area contributed by atoms with Gasteiger partial charge in [-0.1, -0.05) is 72.1 Å². The molecular formula is C19H40N2. The van der Waals surface area contributed by atoms with Crippen LogP contribution in [-0.2, 0) is 0 Å². The van der Waals surface area contributed by atoms with Crippen LogP contribution in [0.2, 0.25) is 0 Å². The van der Waals surface area contributed by atoms with Crippen LogP contribution in [0.15, 0.2) is 0 Å². The molecule has 0 saturated heterocycles. The van der Waals surface area contributed by atoms with Crippen molar-refractivity contribution in [1.29, 1.82) is 0 Å². The molecule has 2 unspecified atom stereocenters. The molecule has 1 N–H and O–H groups in total. The lowest BCUT2D eigenvalue weighted by Gasteiger charge is -2.37. The van der Waals surface area contributed by atoms with Gasteiger partial charge in [-0.15, -0.1) is 0 Å². The van der Waals surface area contributed by atoms with Crippen LogP contribution in [0.4, 0.5) is 0 Å². The number of nitrogens with zero attached hydrogens (tertiary/aromatic N) is 1. The Morgan fingerprint density at radius 3 is 1.81 bits per heavy atom. The summed E-state index contributed by atoms with van der Waals surface area (Å²) < 4.78 is 0. The third-order valence-electron chi connectivity index (χ3n) is 5.17. The third-order valence-corrected chi connectivity index (χ3v) is 5.17. The zero-order valence-electron chi connectivity index (χ0n) is 15.0. The number of nitrogens with one attached hydrogen (secondary N) is 1. The maximum Gasteiger partial charge on any atom is 0.0249 e. The predicted molar refractivity (Wildman–Crippen MR) is 95.0 cm³/mol. The zero-order chi connectivity index (χ0) is 15.3. The lowest BCUT2D eigenvalue weighted by atomic mass is 9.92. The molecule has 0 amide bonds. The van der Waals surface area contributed by atoms with E-state index < -0.39 is 0 Å². The van der Waals surface area contributed by atoms with Crippen molar-refractivity contribution in [2.24, 2.45) is 0 Å². The summed E-state index contributed by atoms with van der Waals surface area (Å²) in [5.74, 6) is 0. The molecule has 1 fully saturated rings. The van der Waals surface area contributed by atoms with Gasteiger partial charge in [0.15, 0.2) is 0 Å². The van der Waals surface area contributed by atoms with Crippen molar-refractivity contribution in [3.05, 3.63) is 0 Å². The number of hydrogen-bond donors (Lipinski definition) is 1. The van der Waals surface area contributed by atoms with Crippen molar-refractivity contribution < 1.29 is 0 Å². The van der Waals surface area contributed by atoms with E-state index in [0.29, 0.717) is 6.04 Å². The monoisotopic (exact) mass is 296 g/mol. The number of likely N-dealkylation sites (N-methyl/N-ethyl adjacent to an activating group) is 1. The fraction of sp³-hybridized carbons (Fsp3) is 1.00. The highest BCUT2D eigenvalue weighted by Crippen LogP contribution is 2.21. The summed E-state index contributed by atoms with van der Waals surface area (Å²) in [5.41, 5.74) is 0. The SMILES string of the molecule is CCCNC1CCCCCCCCCCC1N(CC)CC. The maximum absolute atomic E-state index is 3.88. The highest BCUT2D eigenvalue weighted by atomic mass is 15.2. The van der Waals surface area contributed by atoms with Crippen molar-refractivity contribution in [1.82, 2.24) is 10.2 Å². The van der Waals surface area contributed by atoms with E-state index in [1.807, 2.05) is 0 Å². The first-order chi connectivity index (χ1) is 10.3. The molecule has 1 rings (SSSR count). The topological polar surface area (TPSA) is 15.3 Å². The molecule has 0 heterocycles. The van der Waals surface area contributed by atoms with Crippen LogP contribution in [0.1, 0.15) is 91.4 Å². The molecule has 0 aliphatic heterocycles. The summed E-state index contributed by atoms with van der Waals surface area (Å²) in [4.78, 5) is 2.71. The van der Waals surface area contributed by atoms with Crippen LogP contribution >= 0.6 is 0 Å². The van der Waals surface area contributed by atoms with Gasteiger partial charge in [-0.2, -0.15) is 0 Å². The van der Waals surface area contributed by atoms with E-state index in [9.17, 15) is 0 Å². The van der Waals surface area contributed by atoms with E-state index in [1.54, 1.807) is 0 Å². The molecular weight excluding hydrogens is 256 g/mol. The first-order valence-electron chi connectivity index (χ1n) is 9.80. The highest BCUT2D eigenvalue weighted by Gasteiger charge is 2.24. The minimum Gasteiger partial charge on any atom is -0.312 e. The van der Waals surface area contributed by atoms with Gasteiger partial charge in [0.1, 0.15) is 0 Å². The first-order valence-corrected chi connectivity index (χ1v) is 9.80. The van der Waals surface area contributed by atoms with E-state index in [0.717, 1.165) is 6.04 Å². The summed E-state index contributed by atoms with van der Waals surface area (Å²) in [6.45, 7) is 10.5. The molecule has 0 aromatic carbocycles. The van der Waals surface area contributed by atoms with E-state index in [2.05, 4.69) is 31.0 Å². The van der Waals surface area contributed by atoms with E-state index in [4.69, 9.17) is 0 Å². The van der Waals surface area contributed by atoms with E-state index >= 15 is 0 Å². The van der Waals surface area contributed by atoms with Crippen LogP contribution in [0.3, 0.4) is 0 Å². The minimum atomic E-state index is 0.712. The van der Waals surface area contributed by atoms with Gasteiger partial charge in [0.25, 0.3) is 0 Å². The Kier molecular flexibility index (Phi) is 11.3. The van der Waals surface area contributed by atoms with Crippen LogP contribution in [0, 0.1) is 0 Å². The second-order valence-corrected chi connectivity index (χ2v) is 6.75. The average molecular weight is 297 g/mol. The van der Waals surface area contributed by atoms with Gasteiger partial charge < -0.3 is 5.32 Å². The summed E-state index contributed by atoms with van der Waals surface area (Å²) in [5, 5.41) is 3.88. The van der Waals surface area contributed by atoms with Crippen molar-refractivity contribution in [2.75, 3.05) is 19.6 Å². The molecule has 0 spiro atoms. The smallest absolute Gasteiger partial charge is 0.0249 e. The van der Waals surface area contributed by atoms with E-state index in [-0.39, 0.29) is 0 Å². The zero-order valence-corrected chi connectivity index (χ0v) is 15.0. The molecule has 21 heavy (non-hydrogen) atoms. The lowest BCUT2D eigenvalue weighted by molar-refractivity contribution is 0.151. The molecule has 1 saturated carbocycles. The van der Waals surface area contributed by atoms with Crippen molar-refractivity contribution in [3.63, 3.8) is 0 Å². The molecule has 0 aromatic rings. The maximum atomic E-state index is 3.88. The van der Waals surface area contributed by atoms with Gasteiger partial charge in [-0.3, -0.25) is 4.90 Å². The first kappa shape index (κ1) is 19.0. The van der Waals surface area contributed by atoms with Gasteiger partial charge in [-0.05, 0) is 38.9 Å². The summed E-state index contributed by atoms with van der Waals surface area (Å²) in [6, 6.07) is 1.47. The molecule has 0 radical (unpaired) electrons. The molecule has 1 aliphatic carbocycles. The quantitative estimate of drug-likeness (QED) is 0.743. The highest BCUT2D eigenvalue weighted by molar-refractivity contribution is 4.84. The molecule has 1 aliphatic rings. The second-order valence-electron chi connectivity index (χ2n) is 6.75. The summed E-state index contributed by atoms with van der Waals surface area (Å²) in [6.07, 6.45) is 15.6. The fourth-order valence-electron chi connectivity index (χ4n) is 3.87. The van der Waals surface area contributed by atoms with Crippen LogP contribution in [0.25, 0.3) is 0 Å². The lowest BCUT2D eigenvalue weighted by Crippen LogP contribution is -2.50.